The molecule has 1 unspecified atom stereocenters. The Morgan fingerprint density at radius 2 is 2.32 bits per heavy atom. The van der Waals surface area contributed by atoms with Crippen molar-refractivity contribution in [3.05, 3.63) is 40.5 Å². The second-order valence-corrected chi connectivity index (χ2v) is 6.97. The number of hydrogen-bond acceptors (Lipinski definition) is 3. The number of benzene rings is 1. The van der Waals surface area contributed by atoms with Crippen molar-refractivity contribution in [2.24, 2.45) is 5.92 Å². The second-order valence-electron chi connectivity index (χ2n) is 4.97. The molecule has 1 aromatic carbocycles. The number of nitrogens with one attached hydrogen (secondary N) is 1. The van der Waals surface area contributed by atoms with E-state index >= 15 is 0 Å². The lowest BCUT2D eigenvalue weighted by Crippen LogP contribution is -2.22. The lowest BCUT2D eigenvalue weighted by Gasteiger charge is -2.11. The Morgan fingerprint density at radius 1 is 1.37 bits per heavy atom. The molecule has 1 aromatic heterocycles. The monoisotopic (exact) mass is 336 g/mol. The highest BCUT2D eigenvalue weighted by atomic mass is 79.9. The maximum absolute atomic E-state index is 4.52. The van der Waals surface area contributed by atoms with E-state index in [1.54, 1.807) is 0 Å². The van der Waals surface area contributed by atoms with Crippen LogP contribution in [0.1, 0.15) is 12.0 Å². The van der Waals surface area contributed by atoms with Crippen LogP contribution in [0.4, 0.5) is 0 Å². The van der Waals surface area contributed by atoms with Gasteiger partial charge in [0, 0.05) is 22.6 Å². The Hall–Kier alpha value is -0.580. The van der Waals surface area contributed by atoms with Gasteiger partial charge in [0.25, 0.3) is 0 Å². The fraction of sp³-hybridized carbons (Fsp3) is 0.400. The van der Waals surface area contributed by atoms with Gasteiger partial charge in [-0.25, -0.2) is 0 Å². The van der Waals surface area contributed by atoms with Crippen LogP contribution in [0.3, 0.4) is 0 Å². The van der Waals surface area contributed by atoms with E-state index in [0.29, 0.717) is 0 Å². The summed E-state index contributed by atoms with van der Waals surface area (Å²) in [4.78, 5) is 4.52. The number of nitrogens with zero attached hydrogens (tertiary/aromatic N) is 1. The smallest absolute Gasteiger partial charge is 0.0758 e. The number of pyridine rings is 1. The van der Waals surface area contributed by atoms with Crippen LogP contribution in [0.5, 0.6) is 0 Å². The topological polar surface area (TPSA) is 24.9 Å². The molecule has 0 aliphatic carbocycles. The maximum atomic E-state index is 4.52. The summed E-state index contributed by atoms with van der Waals surface area (Å²) in [7, 11) is 0. The minimum absolute atomic E-state index is 0.847. The zero-order valence-corrected chi connectivity index (χ0v) is 13.1. The summed E-state index contributed by atoms with van der Waals surface area (Å²) in [5, 5.41) is 4.78. The van der Waals surface area contributed by atoms with E-state index in [1.807, 2.05) is 12.3 Å². The summed E-state index contributed by atoms with van der Waals surface area (Å²) in [5.74, 6) is 3.49. The summed E-state index contributed by atoms with van der Waals surface area (Å²) in [5.41, 5.74) is 2.38. The molecule has 3 rings (SSSR count). The fourth-order valence-corrected chi connectivity index (χ4v) is 4.23. The third-order valence-corrected chi connectivity index (χ3v) is 5.50. The molecule has 0 radical (unpaired) electrons. The van der Waals surface area contributed by atoms with Gasteiger partial charge < -0.3 is 5.32 Å². The maximum Gasteiger partial charge on any atom is 0.0758 e. The Bertz CT molecular complexity index is 567. The molecule has 19 heavy (non-hydrogen) atoms. The molecule has 0 bridgehead atoms. The van der Waals surface area contributed by atoms with E-state index in [4.69, 9.17) is 0 Å². The van der Waals surface area contributed by atoms with E-state index in [1.165, 1.54) is 28.9 Å². The van der Waals surface area contributed by atoms with Gasteiger partial charge in [0.05, 0.1) is 5.52 Å². The number of rotatable bonds is 4. The van der Waals surface area contributed by atoms with E-state index < -0.39 is 0 Å². The van der Waals surface area contributed by atoms with Gasteiger partial charge in [-0.2, -0.15) is 11.8 Å². The second kappa shape index (κ2) is 6.25. The molecule has 2 aromatic rings. The van der Waals surface area contributed by atoms with Crippen LogP contribution in [-0.4, -0.2) is 23.0 Å². The van der Waals surface area contributed by atoms with Gasteiger partial charge in [0.1, 0.15) is 0 Å². The Labute approximate surface area is 126 Å². The average molecular weight is 337 g/mol. The standard InChI is InChI=1S/C15H17BrN2S/c16-14-4-3-12(15-13(14)2-1-6-18-15)9-17-8-11-5-7-19-10-11/h1-4,6,11,17H,5,7-10H2. The van der Waals surface area contributed by atoms with Crippen LogP contribution in [0, 0.1) is 5.92 Å². The van der Waals surface area contributed by atoms with E-state index in [-0.39, 0.29) is 0 Å². The molecule has 2 nitrogen and oxygen atoms in total. The van der Waals surface area contributed by atoms with Crippen molar-refractivity contribution in [1.82, 2.24) is 10.3 Å². The first-order valence-corrected chi connectivity index (χ1v) is 8.60. The van der Waals surface area contributed by atoms with Gasteiger partial charge >= 0.3 is 0 Å². The fourth-order valence-electron chi connectivity index (χ4n) is 2.49. The highest BCUT2D eigenvalue weighted by Gasteiger charge is 2.14. The van der Waals surface area contributed by atoms with Crippen molar-refractivity contribution in [2.75, 3.05) is 18.1 Å². The summed E-state index contributed by atoms with van der Waals surface area (Å²) >= 11 is 5.66. The first-order valence-electron chi connectivity index (χ1n) is 6.65. The first kappa shape index (κ1) is 13.4. The zero-order valence-electron chi connectivity index (χ0n) is 10.7. The molecule has 4 heteroatoms. The van der Waals surface area contributed by atoms with Crippen LogP contribution in [0.15, 0.2) is 34.9 Å². The average Bonchev–Trinajstić information content (AvgIpc) is 2.95. The van der Waals surface area contributed by atoms with Crippen LogP contribution in [0.25, 0.3) is 10.9 Å². The SMILES string of the molecule is Brc1ccc(CNCC2CCSC2)c2ncccc12. The van der Waals surface area contributed by atoms with E-state index in [0.717, 1.165) is 29.0 Å². The molecule has 1 atom stereocenters. The highest BCUT2D eigenvalue weighted by molar-refractivity contribution is 9.10. The molecule has 1 saturated heterocycles. The van der Waals surface area contributed by atoms with Gasteiger partial charge in [0.15, 0.2) is 0 Å². The van der Waals surface area contributed by atoms with Crippen LogP contribution in [-0.2, 0) is 6.54 Å². The molecule has 2 heterocycles. The summed E-state index contributed by atoms with van der Waals surface area (Å²) in [6, 6.07) is 8.38. The number of hydrogen-bond donors (Lipinski definition) is 1. The Morgan fingerprint density at radius 3 is 3.16 bits per heavy atom. The minimum atomic E-state index is 0.847. The quantitative estimate of drug-likeness (QED) is 0.918. The zero-order chi connectivity index (χ0) is 13.1. The predicted molar refractivity (Wildman–Crippen MR) is 86.6 cm³/mol. The lowest BCUT2D eigenvalue weighted by atomic mass is 10.1. The number of thioether (sulfide) groups is 1. The van der Waals surface area contributed by atoms with Crippen LogP contribution >= 0.6 is 27.7 Å². The van der Waals surface area contributed by atoms with Crippen molar-refractivity contribution in [1.29, 1.82) is 0 Å². The number of aromatic nitrogens is 1. The third kappa shape index (κ3) is 3.12. The number of halogens is 1. The van der Waals surface area contributed by atoms with Crippen molar-refractivity contribution in [3.8, 4) is 0 Å². The van der Waals surface area contributed by atoms with Crippen molar-refractivity contribution < 1.29 is 0 Å². The minimum Gasteiger partial charge on any atom is -0.312 e. The van der Waals surface area contributed by atoms with Crippen LogP contribution in [0.2, 0.25) is 0 Å². The first-order chi connectivity index (χ1) is 9.34. The number of fused-ring (bicyclic) bond motifs is 1. The van der Waals surface area contributed by atoms with Gasteiger partial charge in [0.2, 0.25) is 0 Å². The van der Waals surface area contributed by atoms with E-state index in [9.17, 15) is 0 Å². The summed E-state index contributed by atoms with van der Waals surface area (Å²) < 4.78 is 1.12. The Kier molecular flexibility index (Phi) is 4.41. The summed E-state index contributed by atoms with van der Waals surface area (Å²) in [6.45, 7) is 2.03. The van der Waals surface area contributed by atoms with E-state index in [2.05, 4.69) is 56.2 Å². The molecule has 1 fully saturated rings. The van der Waals surface area contributed by atoms with Gasteiger partial charge in [-0.15, -0.1) is 0 Å². The van der Waals surface area contributed by atoms with Crippen molar-refractivity contribution in [3.63, 3.8) is 0 Å². The van der Waals surface area contributed by atoms with Crippen molar-refractivity contribution >= 4 is 38.6 Å². The highest BCUT2D eigenvalue weighted by Crippen LogP contribution is 2.26. The third-order valence-electron chi connectivity index (χ3n) is 3.57. The molecule has 100 valence electrons. The molecule has 0 saturated carbocycles. The molecule has 1 N–H and O–H groups in total. The molecule has 0 amide bonds. The predicted octanol–water partition coefficient (Wildman–Crippen LogP) is 3.84. The molecule has 1 aliphatic heterocycles. The molecule has 0 spiro atoms. The van der Waals surface area contributed by atoms with Gasteiger partial charge in [-0.05, 0) is 48.1 Å². The van der Waals surface area contributed by atoms with Gasteiger partial charge in [-0.1, -0.05) is 28.1 Å². The molecule has 1 aliphatic rings. The van der Waals surface area contributed by atoms with Crippen molar-refractivity contribution in [2.45, 2.75) is 13.0 Å². The summed E-state index contributed by atoms with van der Waals surface area (Å²) in [6.07, 6.45) is 3.23. The molecular weight excluding hydrogens is 320 g/mol. The van der Waals surface area contributed by atoms with Crippen LogP contribution < -0.4 is 5.32 Å². The van der Waals surface area contributed by atoms with Gasteiger partial charge in [-0.3, -0.25) is 4.98 Å². The largest absolute Gasteiger partial charge is 0.312 e. The Balaban J connectivity index is 1.72. The normalized spacial score (nSPS) is 19.1. The lowest BCUT2D eigenvalue weighted by molar-refractivity contribution is 0.524. The molecular formula is C15H17BrN2S.